The van der Waals surface area contributed by atoms with Crippen molar-refractivity contribution in [3.8, 4) is 17.2 Å². The van der Waals surface area contributed by atoms with Crippen molar-refractivity contribution < 1.29 is 9.15 Å². The van der Waals surface area contributed by atoms with Gasteiger partial charge in [0.25, 0.3) is 11.1 Å². The van der Waals surface area contributed by atoms with Crippen molar-refractivity contribution in [2.45, 2.75) is 24.8 Å². The SMILES string of the molecule is CCOc1ccccc1-c1nnc(SCc2cccc(C)c2)o1. The summed E-state index contributed by atoms with van der Waals surface area (Å²) in [4.78, 5) is 0. The summed E-state index contributed by atoms with van der Waals surface area (Å²) in [5, 5.41) is 8.83. The van der Waals surface area contributed by atoms with Gasteiger partial charge in [-0.15, -0.1) is 10.2 Å². The molecule has 23 heavy (non-hydrogen) atoms. The Morgan fingerprint density at radius 1 is 1.09 bits per heavy atom. The summed E-state index contributed by atoms with van der Waals surface area (Å²) in [6, 6.07) is 16.1. The molecular formula is C18H18N2O2S. The average molecular weight is 326 g/mol. The second-order valence-electron chi connectivity index (χ2n) is 5.08. The van der Waals surface area contributed by atoms with Gasteiger partial charge in [0.1, 0.15) is 5.75 Å². The summed E-state index contributed by atoms with van der Waals surface area (Å²) >= 11 is 1.54. The molecule has 5 heteroatoms. The maximum atomic E-state index is 5.77. The minimum atomic E-state index is 0.487. The Hall–Kier alpha value is -2.27. The van der Waals surface area contributed by atoms with Crippen LogP contribution in [0.1, 0.15) is 18.1 Å². The predicted molar refractivity (Wildman–Crippen MR) is 91.6 cm³/mol. The summed E-state index contributed by atoms with van der Waals surface area (Å²) in [5.41, 5.74) is 3.31. The van der Waals surface area contributed by atoms with Gasteiger partial charge in [-0.3, -0.25) is 0 Å². The maximum Gasteiger partial charge on any atom is 0.277 e. The molecule has 0 N–H and O–H groups in total. The van der Waals surface area contributed by atoms with Gasteiger partial charge in [-0.25, -0.2) is 0 Å². The molecule has 4 nitrogen and oxygen atoms in total. The molecule has 0 aliphatic heterocycles. The van der Waals surface area contributed by atoms with E-state index in [0.717, 1.165) is 17.1 Å². The Morgan fingerprint density at radius 2 is 1.96 bits per heavy atom. The predicted octanol–water partition coefficient (Wildman–Crippen LogP) is 4.74. The van der Waals surface area contributed by atoms with E-state index in [1.54, 1.807) is 0 Å². The number of hydrogen-bond donors (Lipinski definition) is 0. The number of aryl methyl sites for hydroxylation is 1. The van der Waals surface area contributed by atoms with E-state index in [1.807, 2.05) is 31.2 Å². The van der Waals surface area contributed by atoms with Crippen molar-refractivity contribution in [2.75, 3.05) is 6.61 Å². The first kappa shape index (κ1) is 15.6. The third-order valence-corrected chi connectivity index (χ3v) is 4.16. The first-order valence-corrected chi connectivity index (χ1v) is 8.49. The topological polar surface area (TPSA) is 48.2 Å². The van der Waals surface area contributed by atoms with Crippen molar-refractivity contribution in [3.05, 3.63) is 59.7 Å². The molecule has 0 aliphatic carbocycles. The monoisotopic (exact) mass is 326 g/mol. The molecule has 0 atom stereocenters. The summed E-state index contributed by atoms with van der Waals surface area (Å²) in [5.74, 6) is 2.05. The molecule has 1 heterocycles. The Labute approximate surface area is 139 Å². The van der Waals surface area contributed by atoms with E-state index in [-0.39, 0.29) is 0 Å². The minimum Gasteiger partial charge on any atom is -0.493 e. The van der Waals surface area contributed by atoms with Crippen LogP contribution in [0.15, 0.2) is 58.2 Å². The number of rotatable bonds is 6. The van der Waals surface area contributed by atoms with Gasteiger partial charge in [-0.2, -0.15) is 0 Å². The van der Waals surface area contributed by atoms with E-state index < -0.39 is 0 Å². The number of benzene rings is 2. The summed E-state index contributed by atoms with van der Waals surface area (Å²) < 4.78 is 11.4. The van der Waals surface area contributed by atoms with E-state index in [9.17, 15) is 0 Å². The van der Waals surface area contributed by atoms with Crippen LogP contribution in [0, 0.1) is 6.92 Å². The Balaban J connectivity index is 1.73. The fraction of sp³-hybridized carbons (Fsp3) is 0.222. The standard InChI is InChI=1S/C18H18N2O2S/c1-3-21-16-10-5-4-9-15(16)17-19-20-18(22-17)23-12-14-8-6-7-13(2)11-14/h4-11H,3,12H2,1-2H3. The molecule has 0 spiro atoms. The van der Waals surface area contributed by atoms with Gasteiger partial charge in [0.05, 0.1) is 12.2 Å². The molecule has 0 saturated heterocycles. The average Bonchev–Trinajstić information content (AvgIpc) is 3.03. The van der Waals surface area contributed by atoms with Crippen LogP contribution in [0.25, 0.3) is 11.5 Å². The molecule has 0 bridgehead atoms. The molecule has 0 saturated carbocycles. The quantitative estimate of drug-likeness (QED) is 0.613. The molecule has 2 aromatic carbocycles. The normalized spacial score (nSPS) is 10.7. The van der Waals surface area contributed by atoms with E-state index in [1.165, 1.54) is 22.9 Å². The Bertz CT molecular complexity index is 786. The molecule has 0 unspecified atom stereocenters. The summed E-state index contributed by atoms with van der Waals surface area (Å²) in [7, 11) is 0. The van der Waals surface area contributed by atoms with Gasteiger partial charge in [-0.05, 0) is 31.5 Å². The van der Waals surface area contributed by atoms with Crippen LogP contribution >= 0.6 is 11.8 Å². The number of aromatic nitrogens is 2. The van der Waals surface area contributed by atoms with Gasteiger partial charge in [0.15, 0.2) is 0 Å². The van der Waals surface area contributed by atoms with Gasteiger partial charge < -0.3 is 9.15 Å². The van der Waals surface area contributed by atoms with Crippen LogP contribution in [-0.4, -0.2) is 16.8 Å². The summed E-state index contributed by atoms with van der Waals surface area (Å²) in [6.45, 7) is 4.64. The molecule has 118 valence electrons. The first-order valence-electron chi connectivity index (χ1n) is 7.50. The van der Waals surface area contributed by atoms with Gasteiger partial charge in [0, 0.05) is 5.75 Å². The second kappa shape index (κ2) is 7.33. The highest BCUT2D eigenvalue weighted by atomic mass is 32.2. The number of thioether (sulfide) groups is 1. The zero-order chi connectivity index (χ0) is 16.1. The van der Waals surface area contributed by atoms with E-state index in [2.05, 4.69) is 41.4 Å². The van der Waals surface area contributed by atoms with Crippen molar-refractivity contribution >= 4 is 11.8 Å². The third-order valence-electron chi connectivity index (χ3n) is 3.27. The first-order chi connectivity index (χ1) is 11.3. The number of hydrogen-bond acceptors (Lipinski definition) is 5. The van der Waals surface area contributed by atoms with Gasteiger partial charge in [0.2, 0.25) is 0 Å². The van der Waals surface area contributed by atoms with Gasteiger partial charge >= 0.3 is 0 Å². The van der Waals surface area contributed by atoms with Crippen LogP contribution in [0.3, 0.4) is 0 Å². The number of para-hydroxylation sites is 1. The highest BCUT2D eigenvalue weighted by Crippen LogP contribution is 2.31. The van der Waals surface area contributed by atoms with Crippen LogP contribution in [0.2, 0.25) is 0 Å². The lowest BCUT2D eigenvalue weighted by atomic mass is 10.2. The molecular weight excluding hydrogens is 308 g/mol. The maximum absolute atomic E-state index is 5.77. The molecule has 0 amide bonds. The molecule has 0 aliphatic rings. The molecule has 0 fully saturated rings. The van der Waals surface area contributed by atoms with Crippen LogP contribution in [-0.2, 0) is 5.75 Å². The van der Waals surface area contributed by atoms with Crippen molar-refractivity contribution in [1.29, 1.82) is 0 Å². The fourth-order valence-electron chi connectivity index (χ4n) is 2.25. The number of ether oxygens (including phenoxy) is 1. The Morgan fingerprint density at radius 3 is 2.78 bits per heavy atom. The van der Waals surface area contributed by atoms with Crippen molar-refractivity contribution in [3.63, 3.8) is 0 Å². The van der Waals surface area contributed by atoms with Crippen LogP contribution in [0.4, 0.5) is 0 Å². The minimum absolute atomic E-state index is 0.487. The highest BCUT2D eigenvalue weighted by Gasteiger charge is 2.13. The van der Waals surface area contributed by atoms with Crippen LogP contribution in [0.5, 0.6) is 5.75 Å². The molecule has 0 radical (unpaired) electrons. The molecule has 3 rings (SSSR count). The van der Waals surface area contributed by atoms with E-state index in [4.69, 9.17) is 9.15 Å². The lowest BCUT2D eigenvalue weighted by molar-refractivity contribution is 0.340. The largest absolute Gasteiger partial charge is 0.493 e. The van der Waals surface area contributed by atoms with E-state index in [0.29, 0.717) is 17.7 Å². The fourth-order valence-corrected chi connectivity index (χ4v) is 2.95. The van der Waals surface area contributed by atoms with Crippen molar-refractivity contribution in [2.24, 2.45) is 0 Å². The zero-order valence-corrected chi connectivity index (χ0v) is 14.0. The number of nitrogens with zero attached hydrogens (tertiary/aromatic N) is 2. The Kier molecular flexibility index (Phi) is 4.98. The lowest BCUT2D eigenvalue weighted by Crippen LogP contribution is -1.93. The zero-order valence-electron chi connectivity index (χ0n) is 13.2. The van der Waals surface area contributed by atoms with Crippen LogP contribution < -0.4 is 4.74 Å². The smallest absolute Gasteiger partial charge is 0.277 e. The second-order valence-corrected chi connectivity index (χ2v) is 6.01. The van der Waals surface area contributed by atoms with E-state index >= 15 is 0 Å². The summed E-state index contributed by atoms with van der Waals surface area (Å²) in [6.07, 6.45) is 0. The highest BCUT2D eigenvalue weighted by molar-refractivity contribution is 7.98. The van der Waals surface area contributed by atoms with Crippen molar-refractivity contribution in [1.82, 2.24) is 10.2 Å². The van der Waals surface area contributed by atoms with Gasteiger partial charge in [-0.1, -0.05) is 53.7 Å². The lowest BCUT2D eigenvalue weighted by Gasteiger charge is -2.06. The third kappa shape index (κ3) is 3.93. The molecule has 1 aromatic heterocycles. The molecule has 3 aromatic rings.